The summed E-state index contributed by atoms with van der Waals surface area (Å²) < 4.78 is 1.00. The van der Waals surface area contributed by atoms with Crippen molar-refractivity contribution < 1.29 is 4.79 Å². The number of nitrogens with zero attached hydrogens (tertiary/aromatic N) is 4. The number of rotatable bonds is 3. The Balaban J connectivity index is 1.59. The summed E-state index contributed by atoms with van der Waals surface area (Å²) in [5.41, 5.74) is 4.61. The van der Waals surface area contributed by atoms with Gasteiger partial charge in [0.25, 0.3) is 5.91 Å². The number of aryl methyl sites for hydroxylation is 1. The molecule has 1 N–H and O–H groups in total. The van der Waals surface area contributed by atoms with Crippen LogP contribution in [0.1, 0.15) is 33.7 Å². The first-order chi connectivity index (χ1) is 15.6. The van der Waals surface area contributed by atoms with Crippen LogP contribution in [0.3, 0.4) is 0 Å². The summed E-state index contributed by atoms with van der Waals surface area (Å²) in [6, 6.07) is 16.7. The van der Waals surface area contributed by atoms with Crippen LogP contribution in [0.4, 0.5) is 5.69 Å². The van der Waals surface area contributed by atoms with E-state index in [1.165, 1.54) is 5.56 Å². The SMILES string of the molecule is Cc1cnc(C(=O)N2CCN(Cc3ccccc3)CCCNc3ccc(Br)cc3C2)cn1. The van der Waals surface area contributed by atoms with Crippen molar-refractivity contribution in [3.8, 4) is 0 Å². The lowest BCUT2D eigenvalue weighted by molar-refractivity contribution is 0.0713. The summed E-state index contributed by atoms with van der Waals surface area (Å²) in [4.78, 5) is 26.3. The van der Waals surface area contributed by atoms with Gasteiger partial charge in [-0.2, -0.15) is 0 Å². The first-order valence-corrected chi connectivity index (χ1v) is 11.7. The normalized spacial score (nSPS) is 15.4. The number of benzene rings is 2. The zero-order valence-corrected chi connectivity index (χ0v) is 19.9. The van der Waals surface area contributed by atoms with Crippen LogP contribution >= 0.6 is 15.9 Å². The van der Waals surface area contributed by atoms with Crippen molar-refractivity contribution in [2.24, 2.45) is 0 Å². The van der Waals surface area contributed by atoms with Crippen LogP contribution in [-0.4, -0.2) is 51.9 Å². The largest absolute Gasteiger partial charge is 0.385 e. The fourth-order valence-corrected chi connectivity index (χ4v) is 4.30. The molecule has 0 fully saturated rings. The van der Waals surface area contributed by atoms with Gasteiger partial charge in [0, 0.05) is 55.6 Å². The van der Waals surface area contributed by atoms with Crippen LogP contribution in [0.15, 0.2) is 65.4 Å². The van der Waals surface area contributed by atoms with Crippen molar-refractivity contribution in [1.82, 2.24) is 19.8 Å². The minimum Gasteiger partial charge on any atom is -0.385 e. The molecule has 2 aromatic carbocycles. The van der Waals surface area contributed by atoms with Gasteiger partial charge in [-0.3, -0.25) is 14.7 Å². The molecule has 4 rings (SSSR count). The van der Waals surface area contributed by atoms with E-state index >= 15 is 0 Å². The second kappa shape index (κ2) is 10.7. The lowest BCUT2D eigenvalue weighted by Crippen LogP contribution is -2.39. The molecule has 7 heteroatoms. The smallest absolute Gasteiger partial charge is 0.274 e. The highest BCUT2D eigenvalue weighted by Crippen LogP contribution is 2.24. The highest BCUT2D eigenvalue weighted by molar-refractivity contribution is 9.10. The number of aromatic nitrogens is 2. The van der Waals surface area contributed by atoms with E-state index in [4.69, 9.17) is 0 Å². The molecule has 0 spiro atoms. The standard InChI is InChI=1S/C25H28BrN5O/c1-19-15-29-24(16-28-19)25(32)31-13-12-30(17-20-6-3-2-4-7-20)11-5-10-27-23-9-8-22(26)14-21(23)18-31/h2-4,6-9,14-16,27H,5,10-13,17-18H2,1H3. The molecule has 0 unspecified atom stereocenters. The molecule has 1 aliphatic rings. The van der Waals surface area contributed by atoms with Crippen LogP contribution < -0.4 is 5.32 Å². The van der Waals surface area contributed by atoms with Crippen molar-refractivity contribution in [3.63, 3.8) is 0 Å². The van der Waals surface area contributed by atoms with Crippen molar-refractivity contribution in [2.75, 3.05) is 31.5 Å². The Morgan fingerprint density at radius 3 is 2.69 bits per heavy atom. The molecule has 0 bridgehead atoms. The summed E-state index contributed by atoms with van der Waals surface area (Å²) in [7, 11) is 0. The first-order valence-electron chi connectivity index (χ1n) is 10.9. The maximum Gasteiger partial charge on any atom is 0.274 e. The Bertz CT molecular complexity index is 1040. The van der Waals surface area contributed by atoms with E-state index in [-0.39, 0.29) is 5.91 Å². The lowest BCUT2D eigenvalue weighted by Gasteiger charge is -2.27. The van der Waals surface area contributed by atoms with Gasteiger partial charge in [0.2, 0.25) is 0 Å². The molecule has 0 aliphatic carbocycles. The van der Waals surface area contributed by atoms with Crippen LogP contribution in [0.5, 0.6) is 0 Å². The fourth-order valence-electron chi connectivity index (χ4n) is 3.89. The van der Waals surface area contributed by atoms with E-state index in [1.54, 1.807) is 12.4 Å². The molecule has 6 nitrogen and oxygen atoms in total. The van der Waals surface area contributed by atoms with Gasteiger partial charge in [0.1, 0.15) is 5.69 Å². The molecule has 166 valence electrons. The highest BCUT2D eigenvalue weighted by atomic mass is 79.9. The van der Waals surface area contributed by atoms with Gasteiger partial charge in [0.15, 0.2) is 0 Å². The third-order valence-corrected chi connectivity index (χ3v) is 6.11. The number of halogens is 1. The summed E-state index contributed by atoms with van der Waals surface area (Å²) in [5, 5.41) is 3.57. The molecule has 0 atom stereocenters. The molecular weight excluding hydrogens is 466 g/mol. The molecule has 32 heavy (non-hydrogen) atoms. The van der Waals surface area contributed by atoms with Gasteiger partial charge in [-0.15, -0.1) is 0 Å². The van der Waals surface area contributed by atoms with Crippen molar-refractivity contribution in [3.05, 3.63) is 87.9 Å². The van der Waals surface area contributed by atoms with E-state index < -0.39 is 0 Å². The molecule has 0 saturated carbocycles. The molecule has 0 saturated heterocycles. The molecule has 0 radical (unpaired) electrons. The maximum absolute atomic E-state index is 13.4. The number of nitrogens with one attached hydrogen (secondary N) is 1. The van der Waals surface area contributed by atoms with E-state index in [0.29, 0.717) is 18.8 Å². The van der Waals surface area contributed by atoms with Crippen LogP contribution in [-0.2, 0) is 13.1 Å². The number of carbonyl (C=O) groups is 1. The Morgan fingerprint density at radius 2 is 1.91 bits per heavy atom. The second-order valence-electron chi connectivity index (χ2n) is 8.11. The quantitative estimate of drug-likeness (QED) is 0.581. The molecule has 1 amide bonds. The third kappa shape index (κ3) is 5.93. The average molecular weight is 494 g/mol. The Kier molecular flexibility index (Phi) is 7.50. The fraction of sp³-hybridized carbons (Fsp3) is 0.320. The topological polar surface area (TPSA) is 61.4 Å². The minimum atomic E-state index is -0.0951. The molecule has 1 aliphatic heterocycles. The Labute approximate surface area is 197 Å². The number of carbonyl (C=O) groups excluding carboxylic acids is 1. The minimum absolute atomic E-state index is 0.0951. The molecule has 1 aromatic heterocycles. The van der Waals surface area contributed by atoms with Gasteiger partial charge >= 0.3 is 0 Å². The predicted molar refractivity (Wildman–Crippen MR) is 130 cm³/mol. The van der Waals surface area contributed by atoms with Crippen molar-refractivity contribution in [1.29, 1.82) is 0 Å². The van der Waals surface area contributed by atoms with E-state index in [1.807, 2.05) is 24.0 Å². The lowest BCUT2D eigenvalue weighted by atomic mass is 10.1. The number of amides is 1. The first kappa shape index (κ1) is 22.4. The second-order valence-corrected chi connectivity index (χ2v) is 9.03. The molecular formula is C25H28BrN5O. The van der Waals surface area contributed by atoms with Gasteiger partial charge in [0.05, 0.1) is 11.9 Å². The monoisotopic (exact) mass is 493 g/mol. The summed E-state index contributed by atoms with van der Waals surface area (Å²) in [5.74, 6) is -0.0951. The highest BCUT2D eigenvalue weighted by Gasteiger charge is 2.21. The average Bonchev–Trinajstić information content (AvgIpc) is 2.84. The van der Waals surface area contributed by atoms with Gasteiger partial charge in [-0.25, -0.2) is 4.98 Å². The van der Waals surface area contributed by atoms with Crippen molar-refractivity contribution in [2.45, 2.75) is 26.4 Å². The predicted octanol–water partition coefficient (Wildman–Crippen LogP) is 4.51. The van der Waals surface area contributed by atoms with Crippen LogP contribution in [0, 0.1) is 6.92 Å². The van der Waals surface area contributed by atoms with E-state index in [9.17, 15) is 4.79 Å². The van der Waals surface area contributed by atoms with E-state index in [0.717, 1.165) is 54.0 Å². The zero-order valence-electron chi connectivity index (χ0n) is 18.3. The third-order valence-electron chi connectivity index (χ3n) is 5.62. The number of hydrogen-bond donors (Lipinski definition) is 1. The Hall–Kier alpha value is -2.77. The van der Waals surface area contributed by atoms with Crippen LogP contribution in [0.2, 0.25) is 0 Å². The van der Waals surface area contributed by atoms with Gasteiger partial charge in [-0.1, -0.05) is 46.3 Å². The van der Waals surface area contributed by atoms with Gasteiger partial charge in [-0.05, 0) is 42.7 Å². The number of anilines is 1. The van der Waals surface area contributed by atoms with E-state index in [2.05, 4.69) is 72.5 Å². The van der Waals surface area contributed by atoms with Crippen LogP contribution in [0.25, 0.3) is 0 Å². The summed E-state index contributed by atoms with van der Waals surface area (Å²) >= 11 is 3.58. The maximum atomic E-state index is 13.4. The zero-order chi connectivity index (χ0) is 22.3. The number of hydrogen-bond acceptors (Lipinski definition) is 5. The molecule has 2 heterocycles. The molecule has 3 aromatic rings. The van der Waals surface area contributed by atoms with Crippen molar-refractivity contribution >= 4 is 27.5 Å². The Morgan fingerprint density at radius 1 is 1.06 bits per heavy atom. The summed E-state index contributed by atoms with van der Waals surface area (Å²) in [6.07, 6.45) is 4.25. The van der Waals surface area contributed by atoms with Gasteiger partial charge < -0.3 is 10.2 Å². The number of fused-ring (bicyclic) bond motifs is 1. The summed E-state index contributed by atoms with van der Waals surface area (Å²) in [6.45, 7) is 6.50.